The molecule has 2 fully saturated rings. The standard InChI is InChI=1S/C14H21N3/c15-14-12(5-2-8-16-14)10-17-9-3-6-11-4-1-7-13(11)17/h2,5,8,11,13H,1,3-4,6-7,9-10H2,(H2,15,16). The molecule has 1 aromatic heterocycles. The molecule has 1 aromatic rings. The number of pyridine rings is 1. The first-order valence-electron chi connectivity index (χ1n) is 6.78. The Kier molecular flexibility index (Phi) is 3.02. The van der Waals surface area contributed by atoms with E-state index in [0.717, 1.165) is 18.5 Å². The summed E-state index contributed by atoms with van der Waals surface area (Å²) in [5.74, 6) is 1.65. The molecule has 92 valence electrons. The number of rotatable bonds is 2. The number of nitrogen functional groups attached to an aromatic ring is 1. The summed E-state index contributed by atoms with van der Waals surface area (Å²) in [4.78, 5) is 6.81. The Balaban J connectivity index is 1.74. The number of hydrogen-bond donors (Lipinski definition) is 1. The van der Waals surface area contributed by atoms with Crippen LogP contribution in [0.1, 0.15) is 37.7 Å². The molecule has 2 heterocycles. The minimum Gasteiger partial charge on any atom is -0.383 e. The van der Waals surface area contributed by atoms with Crippen molar-refractivity contribution in [3.63, 3.8) is 0 Å². The van der Waals surface area contributed by atoms with Gasteiger partial charge in [0, 0.05) is 24.3 Å². The maximum atomic E-state index is 5.94. The topological polar surface area (TPSA) is 42.1 Å². The summed E-state index contributed by atoms with van der Waals surface area (Å²) in [5.41, 5.74) is 7.13. The van der Waals surface area contributed by atoms with Gasteiger partial charge in [0.1, 0.15) is 5.82 Å². The van der Waals surface area contributed by atoms with E-state index in [4.69, 9.17) is 5.73 Å². The lowest BCUT2D eigenvalue weighted by Gasteiger charge is -2.37. The summed E-state index contributed by atoms with van der Waals surface area (Å²) in [7, 11) is 0. The van der Waals surface area contributed by atoms with Crippen molar-refractivity contribution in [2.24, 2.45) is 5.92 Å². The molecular formula is C14H21N3. The summed E-state index contributed by atoms with van der Waals surface area (Å²) in [6, 6.07) is 4.91. The zero-order valence-corrected chi connectivity index (χ0v) is 10.3. The maximum absolute atomic E-state index is 5.94. The molecule has 2 N–H and O–H groups in total. The first kappa shape index (κ1) is 11.0. The molecule has 1 saturated heterocycles. The SMILES string of the molecule is Nc1ncccc1CN1CCCC2CCCC21. The average Bonchev–Trinajstić information content (AvgIpc) is 2.81. The summed E-state index contributed by atoms with van der Waals surface area (Å²) >= 11 is 0. The molecule has 0 bridgehead atoms. The van der Waals surface area contributed by atoms with E-state index >= 15 is 0 Å². The molecule has 0 radical (unpaired) electrons. The fourth-order valence-electron chi connectivity index (χ4n) is 3.56. The minimum absolute atomic E-state index is 0.702. The Hall–Kier alpha value is -1.09. The highest BCUT2D eigenvalue weighted by Gasteiger charge is 2.34. The Morgan fingerprint density at radius 1 is 1.29 bits per heavy atom. The Morgan fingerprint density at radius 2 is 2.18 bits per heavy atom. The van der Waals surface area contributed by atoms with Gasteiger partial charge >= 0.3 is 0 Å². The summed E-state index contributed by atoms with van der Waals surface area (Å²) in [6.45, 7) is 2.22. The average molecular weight is 231 g/mol. The lowest BCUT2D eigenvalue weighted by atomic mass is 9.91. The van der Waals surface area contributed by atoms with Crippen LogP contribution in [0.15, 0.2) is 18.3 Å². The number of likely N-dealkylation sites (tertiary alicyclic amines) is 1. The van der Waals surface area contributed by atoms with Crippen LogP contribution in [0.5, 0.6) is 0 Å². The summed E-state index contributed by atoms with van der Waals surface area (Å²) in [6.07, 6.45) is 8.78. The van der Waals surface area contributed by atoms with Crippen molar-refractivity contribution in [2.75, 3.05) is 12.3 Å². The van der Waals surface area contributed by atoms with Crippen molar-refractivity contribution in [3.8, 4) is 0 Å². The lowest BCUT2D eigenvalue weighted by Crippen LogP contribution is -2.42. The van der Waals surface area contributed by atoms with Crippen LogP contribution in [0, 0.1) is 5.92 Å². The highest BCUT2D eigenvalue weighted by molar-refractivity contribution is 5.38. The fourth-order valence-corrected chi connectivity index (χ4v) is 3.56. The van der Waals surface area contributed by atoms with Gasteiger partial charge in [-0.2, -0.15) is 0 Å². The number of anilines is 1. The van der Waals surface area contributed by atoms with Gasteiger partial charge < -0.3 is 5.73 Å². The van der Waals surface area contributed by atoms with Gasteiger partial charge in [0.05, 0.1) is 0 Å². The highest BCUT2D eigenvalue weighted by Crippen LogP contribution is 2.37. The number of fused-ring (bicyclic) bond motifs is 1. The molecule has 2 aliphatic rings. The van der Waals surface area contributed by atoms with E-state index in [2.05, 4.69) is 16.0 Å². The molecule has 0 spiro atoms. The first-order chi connectivity index (χ1) is 8.34. The second-order valence-corrected chi connectivity index (χ2v) is 5.42. The zero-order valence-electron chi connectivity index (χ0n) is 10.3. The Bertz CT molecular complexity index is 391. The molecule has 3 nitrogen and oxygen atoms in total. The molecule has 3 heteroatoms. The molecule has 1 saturated carbocycles. The normalized spacial score (nSPS) is 29.2. The molecule has 17 heavy (non-hydrogen) atoms. The maximum Gasteiger partial charge on any atom is 0.127 e. The smallest absolute Gasteiger partial charge is 0.127 e. The third kappa shape index (κ3) is 2.16. The number of nitrogens with zero attached hydrogens (tertiary/aromatic N) is 2. The van der Waals surface area contributed by atoms with Crippen molar-refractivity contribution in [1.82, 2.24) is 9.88 Å². The molecule has 3 rings (SSSR count). The van der Waals surface area contributed by atoms with Gasteiger partial charge in [-0.15, -0.1) is 0 Å². The molecule has 0 amide bonds. The largest absolute Gasteiger partial charge is 0.383 e. The van der Waals surface area contributed by atoms with Gasteiger partial charge in [-0.1, -0.05) is 12.5 Å². The van der Waals surface area contributed by atoms with Crippen molar-refractivity contribution in [1.29, 1.82) is 0 Å². The molecule has 0 aromatic carbocycles. The highest BCUT2D eigenvalue weighted by atomic mass is 15.2. The first-order valence-corrected chi connectivity index (χ1v) is 6.78. The van der Waals surface area contributed by atoms with E-state index in [1.807, 2.05) is 6.07 Å². The number of nitrogens with two attached hydrogens (primary N) is 1. The van der Waals surface area contributed by atoms with Crippen molar-refractivity contribution in [2.45, 2.75) is 44.7 Å². The van der Waals surface area contributed by atoms with Gasteiger partial charge in [-0.25, -0.2) is 4.98 Å². The van der Waals surface area contributed by atoms with Gasteiger partial charge in [0.25, 0.3) is 0 Å². The molecule has 2 unspecified atom stereocenters. The molecule has 2 atom stereocenters. The van der Waals surface area contributed by atoms with Crippen LogP contribution in [0.2, 0.25) is 0 Å². The van der Waals surface area contributed by atoms with Crippen LogP contribution in [-0.2, 0) is 6.54 Å². The van der Waals surface area contributed by atoms with Gasteiger partial charge in [-0.05, 0) is 44.2 Å². The van der Waals surface area contributed by atoms with E-state index in [9.17, 15) is 0 Å². The van der Waals surface area contributed by atoms with Crippen molar-refractivity contribution in [3.05, 3.63) is 23.9 Å². The molecule has 1 aliphatic heterocycles. The van der Waals surface area contributed by atoms with Crippen LogP contribution in [0.3, 0.4) is 0 Å². The van der Waals surface area contributed by atoms with Crippen molar-refractivity contribution >= 4 is 5.82 Å². The lowest BCUT2D eigenvalue weighted by molar-refractivity contribution is 0.106. The van der Waals surface area contributed by atoms with Crippen LogP contribution < -0.4 is 5.73 Å². The van der Waals surface area contributed by atoms with Crippen LogP contribution >= 0.6 is 0 Å². The van der Waals surface area contributed by atoms with E-state index in [1.165, 1.54) is 44.2 Å². The number of piperidine rings is 1. The molecule has 1 aliphatic carbocycles. The predicted molar refractivity (Wildman–Crippen MR) is 69.4 cm³/mol. The second kappa shape index (κ2) is 4.65. The quantitative estimate of drug-likeness (QED) is 0.850. The predicted octanol–water partition coefficient (Wildman–Crippen LogP) is 2.43. The van der Waals surface area contributed by atoms with Crippen LogP contribution in [0.25, 0.3) is 0 Å². The van der Waals surface area contributed by atoms with E-state index in [0.29, 0.717) is 5.82 Å². The molecular weight excluding hydrogens is 210 g/mol. The van der Waals surface area contributed by atoms with E-state index in [1.54, 1.807) is 6.20 Å². The minimum atomic E-state index is 0.702. The van der Waals surface area contributed by atoms with Crippen LogP contribution in [-0.4, -0.2) is 22.5 Å². The van der Waals surface area contributed by atoms with Gasteiger partial charge in [-0.3, -0.25) is 4.90 Å². The van der Waals surface area contributed by atoms with E-state index in [-0.39, 0.29) is 0 Å². The summed E-state index contributed by atoms with van der Waals surface area (Å²) < 4.78 is 0. The number of aromatic nitrogens is 1. The van der Waals surface area contributed by atoms with Crippen LogP contribution in [0.4, 0.5) is 5.82 Å². The van der Waals surface area contributed by atoms with E-state index < -0.39 is 0 Å². The van der Waals surface area contributed by atoms with Gasteiger partial charge in [0.15, 0.2) is 0 Å². The third-order valence-corrected chi connectivity index (χ3v) is 4.41. The fraction of sp³-hybridized carbons (Fsp3) is 0.643. The zero-order chi connectivity index (χ0) is 11.7. The monoisotopic (exact) mass is 231 g/mol. The summed E-state index contributed by atoms with van der Waals surface area (Å²) in [5, 5.41) is 0. The Labute approximate surface area is 103 Å². The van der Waals surface area contributed by atoms with Crippen molar-refractivity contribution < 1.29 is 0 Å². The third-order valence-electron chi connectivity index (χ3n) is 4.41. The van der Waals surface area contributed by atoms with Gasteiger partial charge in [0.2, 0.25) is 0 Å². The number of hydrogen-bond acceptors (Lipinski definition) is 3. The second-order valence-electron chi connectivity index (χ2n) is 5.42. The Morgan fingerprint density at radius 3 is 3.06 bits per heavy atom.